The van der Waals surface area contributed by atoms with Crippen LogP contribution < -0.4 is 15.8 Å². The lowest BCUT2D eigenvalue weighted by molar-refractivity contribution is -0.274. The van der Waals surface area contributed by atoms with Crippen LogP contribution in [0.15, 0.2) is 18.2 Å². The molecule has 0 saturated carbocycles. The second kappa shape index (κ2) is 6.58. The highest BCUT2D eigenvalue weighted by Gasteiger charge is 2.32. The number of rotatable bonds is 5. The van der Waals surface area contributed by atoms with E-state index in [2.05, 4.69) is 10.1 Å². The molecular formula is C11H10ClF3N2O3. The number of Topliss-reactive ketones (excluding diaryl/α,β-unsaturated/α-hetero) is 1. The Labute approximate surface area is 116 Å². The highest BCUT2D eigenvalue weighted by molar-refractivity contribution is 6.36. The molecule has 0 aliphatic heterocycles. The molecule has 0 aliphatic rings. The van der Waals surface area contributed by atoms with Crippen LogP contribution in [0.5, 0.6) is 5.75 Å². The molecule has 9 heteroatoms. The Kier molecular flexibility index (Phi) is 5.34. The second-order valence-electron chi connectivity index (χ2n) is 3.62. The number of ether oxygens (including phenoxy) is 1. The number of nitrogens with two attached hydrogens (primary N) is 1. The number of hydrogen-bond donors (Lipinski definition) is 2. The van der Waals surface area contributed by atoms with Crippen LogP contribution in [0.4, 0.5) is 13.2 Å². The highest BCUT2D eigenvalue weighted by atomic mass is 35.5. The Balaban J connectivity index is 2.75. The van der Waals surface area contributed by atoms with Crippen molar-refractivity contribution in [2.75, 3.05) is 6.54 Å². The Morgan fingerprint density at radius 3 is 2.55 bits per heavy atom. The van der Waals surface area contributed by atoms with Crippen molar-refractivity contribution in [1.82, 2.24) is 5.32 Å². The summed E-state index contributed by atoms with van der Waals surface area (Å²) >= 11 is 5.55. The molecule has 5 nitrogen and oxygen atoms in total. The van der Waals surface area contributed by atoms with Gasteiger partial charge in [0.1, 0.15) is 5.75 Å². The molecule has 3 N–H and O–H groups in total. The molecule has 0 spiro atoms. The SMILES string of the molecule is NCC(=O)C(=O)NCc1ccc(Cl)c(OC(F)(F)F)c1. The number of amides is 1. The van der Waals surface area contributed by atoms with Crippen LogP contribution in [0, 0.1) is 0 Å². The van der Waals surface area contributed by atoms with Gasteiger partial charge in [0, 0.05) is 6.54 Å². The van der Waals surface area contributed by atoms with Gasteiger partial charge >= 0.3 is 6.36 Å². The quantitative estimate of drug-likeness (QED) is 0.805. The number of carbonyl (C=O) groups excluding carboxylic acids is 2. The number of ketones is 1. The van der Waals surface area contributed by atoms with Crippen LogP contribution in [-0.2, 0) is 16.1 Å². The lowest BCUT2D eigenvalue weighted by atomic mass is 10.2. The lowest BCUT2D eigenvalue weighted by Crippen LogP contribution is -2.34. The third kappa shape index (κ3) is 5.06. The van der Waals surface area contributed by atoms with E-state index in [0.29, 0.717) is 0 Å². The topological polar surface area (TPSA) is 81.4 Å². The zero-order valence-corrected chi connectivity index (χ0v) is 10.7. The Morgan fingerprint density at radius 1 is 1.35 bits per heavy atom. The van der Waals surface area contributed by atoms with Crippen LogP contribution >= 0.6 is 11.6 Å². The minimum Gasteiger partial charge on any atom is -0.404 e. The monoisotopic (exact) mass is 310 g/mol. The van der Waals surface area contributed by atoms with Gasteiger partial charge in [0.2, 0.25) is 5.78 Å². The van der Waals surface area contributed by atoms with Gasteiger partial charge in [-0.25, -0.2) is 0 Å². The fourth-order valence-corrected chi connectivity index (χ4v) is 1.39. The summed E-state index contributed by atoms with van der Waals surface area (Å²) in [7, 11) is 0. The molecule has 0 unspecified atom stereocenters. The molecule has 0 radical (unpaired) electrons. The fourth-order valence-electron chi connectivity index (χ4n) is 1.23. The number of halogens is 4. The summed E-state index contributed by atoms with van der Waals surface area (Å²) in [4.78, 5) is 22.1. The van der Waals surface area contributed by atoms with E-state index < -0.39 is 30.3 Å². The van der Waals surface area contributed by atoms with Gasteiger partial charge < -0.3 is 15.8 Å². The molecule has 110 valence electrons. The van der Waals surface area contributed by atoms with E-state index in [1.165, 1.54) is 12.1 Å². The van der Waals surface area contributed by atoms with E-state index in [1.54, 1.807) is 0 Å². The Morgan fingerprint density at radius 2 is 2.00 bits per heavy atom. The lowest BCUT2D eigenvalue weighted by Gasteiger charge is -2.12. The molecule has 0 aliphatic carbocycles. The van der Waals surface area contributed by atoms with Crippen molar-refractivity contribution in [3.05, 3.63) is 28.8 Å². The summed E-state index contributed by atoms with van der Waals surface area (Å²) in [6, 6.07) is 3.59. The van der Waals surface area contributed by atoms with Crippen molar-refractivity contribution >= 4 is 23.3 Å². The fraction of sp³-hybridized carbons (Fsp3) is 0.273. The zero-order valence-electron chi connectivity index (χ0n) is 9.96. The van der Waals surface area contributed by atoms with E-state index in [1.807, 2.05) is 0 Å². The first-order valence-corrected chi connectivity index (χ1v) is 5.66. The molecule has 0 aromatic heterocycles. The van der Waals surface area contributed by atoms with E-state index in [4.69, 9.17) is 17.3 Å². The first-order valence-electron chi connectivity index (χ1n) is 5.28. The van der Waals surface area contributed by atoms with Crippen molar-refractivity contribution < 1.29 is 27.5 Å². The largest absolute Gasteiger partial charge is 0.573 e. The summed E-state index contributed by atoms with van der Waals surface area (Å²) in [5.41, 5.74) is 5.27. The summed E-state index contributed by atoms with van der Waals surface area (Å²) < 4.78 is 40.0. The Bertz CT molecular complexity index is 520. The van der Waals surface area contributed by atoms with Crippen molar-refractivity contribution in [3.63, 3.8) is 0 Å². The molecule has 1 aromatic carbocycles. The maximum atomic E-state index is 12.1. The molecule has 0 heterocycles. The van der Waals surface area contributed by atoms with E-state index in [0.717, 1.165) is 6.07 Å². The van der Waals surface area contributed by atoms with Crippen molar-refractivity contribution in [1.29, 1.82) is 0 Å². The first-order chi connectivity index (χ1) is 9.23. The van der Waals surface area contributed by atoms with Gasteiger partial charge in [0.25, 0.3) is 5.91 Å². The molecule has 0 fully saturated rings. The number of hydrogen-bond acceptors (Lipinski definition) is 4. The Hall–Kier alpha value is -1.80. The van der Waals surface area contributed by atoms with Crippen molar-refractivity contribution in [2.45, 2.75) is 12.9 Å². The van der Waals surface area contributed by atoms with Gasteiger partial charge in [0.15, 0.2) is 0 Å². The van der Waals surface area contributed by atoms with Crippen molar-refractivity contribution in [2.24, 2.45) is 5.73 Å². The van der Waals surface area contributed by atoms with Gasteiger partial charge in [-0.05, 0) is 17.7 Å². The molecule has 20 heavy (non-hydrogen) atoms. The van der Waals surface area contributed by atoms with Gasteiger partial charge in [-0.15, -0.1) is 13.2 Å². The van der Waals surface area contributed by atoms with E-state index >= 15 is 0 Å². The molecule has 0 atom stereocenters. The predicted molar refractivity (Wildman–Crippen MR) is 64.0 cm³/mol. The molecule has 1 aromatic rings. The third-order valence-corrected chi connectivity index (χ3v) is 2.43. The van der Waals surface area contributed by atoms with Crippen LogP contribution in [0.3, 0.4) is 0 Å². The number of nitrogens with one attached hydrogen (secondary N) is 1. The second-order valence-corrected chi connectivity index (χ2v) is 4.03. The van der Waals surface area contributed by atoms with Crippen LogP contribution in [0.2, 0.25) is 5.02 Å². The van der Waals surface area contributed by atoms with Gasteiger partial charge in [-0.3, -0.25) is 9.59 Å². The zero-order chi connectivity index (χ0) is 15.3. The van der Waals surface area contributed by atoms with Crippen LogP contribution in [-0.4, -0.2) is 24.6 Å². The summed E-state index contributed by atoms with van der Waals surface area (Å²) in [5.74, 6) is -2.33. The number of benzene rings is 1. The summed E-state index contributed by atoms with van der Waals surface area (Å²) in [6.45, 7) is -0.606. The first kappa shape index (κ1) is 16.3. The maximum Gasteiger partial charge on any atom is 0.573 e. The van der Waals surface area contributed by atoms with Gasteiger partial charge in [0.05, 0.1) is 11.6 Å². The van der Waals surface area contributed by atoms with E-state index in [-0.39, 0.29) is 17.1 Å². The van der Waals surface area contributed by atoms with Gasteiger partial charge in [-0.2, -0.15) is 0 Å². The highest BCUT2D eigenvalue weighted by Crippen LogP contribution is 2.30. The van der Waals surface area contributed by atoms with Crippen LogP contribution in [0.1, 0.15) is 5.56 Å². The molecule has 1 rings (SSSR count). The molecule has 0 saturated heterocycles. The number of carbonyl (C=O) groups is 2. The minimum atomic E-state index is -4.87. The third-order valence-electron chi connectivity index (χ3n) is 2.11. The summed E-state index contributed by atoms with van der Waals surface area (Å²) in [6.07, 6.45) is -4.87. The predicted octanol–water partition coefficient (Wildman–Crippen LogP) is 1.38. The van der Waals surface area contributed by atoms with Crippen LogP contribution in [0.25, 0.3) is 0 Å². The molecule has 1 amide bonds. The van der Waals surface area contributed by atoms with E-state index in [9.17, 15) is 22.8 Å². The molecular weight excluding hydrogens is 301 g/mol. The van der Waals surface area contributed by atoms with Gasteiger partial charge in [-0.1, -0.05) is 17.7 Å². The minimum absolute atomic E-state index is 0.157. The average Bonchev–Trinajstić information content (AvgIpc) is 2.36. The maximum absolute atomic E-state index is 12.1. The van der Waals surface area contributed by atoms with Crippen molar-refractivity contribution in [3.8, 4) is 5.75 Å². The number of alkyl halides is 3. The standard InChI is InChI=1S/C11H10ClF3N2O3/c12-7-2-1-6(3-9(7)20-11(13,14)15)5-17-10(19)8(18)4-16/h1-3H,4-5,16H2,(H,17,19). The molecule has 0 bridgehead atoms. The normalized spacial score (nSPS) is 11.1. The average molecular weight is 311 g/mol. The summed E-state index contributed by atoms with van der Waals surface area (Å²) in [5, 5.41) is 1.98. The smallest absolute Gasteiger partial charge is 0.404 e.